The Morgan fingerprint density at radius 1 is 1.42 bits per heavy atom. The van der Waals surface area contributed by atoms with E-state index in [1.54, 1.807) is 6.20 Å². The smallest absolute Gasteiger partial charge is 0.117 e. The second-order valence-corrected chi connectivity index (χ2v) is 6.38. The first-order valence-electron chi connectivity index (χ1n) is 6.04. The first kappa shape index (κ1) is 13.1. The second kappa shape index (κ2) is 5.25. The molecule has 1 aliphatic rings. The second-order valence-electron chi connectivity index (χ2n) is 4.61. The lowest BCUT2D eigenvalue weighted by Gasteiger charge is -2.26. The van der Waals surface area contributed by atoms with Crippen molar-refractivity contribution < 1.29 is 0 Å². The number of nitriles is 1. The molecule has 7 heteroatoms. The van der Waals surface area contributed by atoms with Gasteiger partial charge in [-0.2, -0.15) is 15.5 Å². The zero-order valence-electron chi connectivity index (χ0n) is 10.1. The summed E-state index contributed by atoms with van der Waals surface area (Å²) in [7, 11) is 0. The topological polar surface area (TPSA) is 59.4 Å². The van der Waals surface area contributed by atoms with Crippen molar-refractivity contribution in [1.29, 1.82) is 5.26 Å². The average molecular weight is 432 g/mol. The lowest BCUT2D eigenvalue weighted by Crippen LogP contribution is -2.18. The van der Waals surface area contributed by atoms with Crippen molar-refractivity contribution in [3.05, 3.63) is 31.8 Å². The Morgan fingerprint density at radius 2 is 2.21 bits per heavy atom. The third-order valence-corrected chi connectivity index (χ3v) is 5.45. The number of halogens is 2. The third kappa shape index (κ3) is 2.31. The lowest BCUT2D eigenvalue weighted by molar-refractivity contribution is 0.284. The van der Waals surface area contributed by atoms with Gasteiger partial charge in [0.1, 0.15) is 19.9 Å². The van der Waals surface area contributed by atoms with Crippen molar-refractivity contribution in [1.82, 2.24) is 19.6 Å². The Balaban J connectivity index is 1.85. The van der Waals surface area contributed by atoms with E-state index >= 15 is 0 Å². The number of aromatic nitrogens is 4. The van der Waals surface area contributed by atoms with Crippen LogP contribution in [0.4, 0.5) is 0 Å². The molecule has 0 atom stereocenters. The van der Waals surface area contributed by atoms with Gasteiger partial charge in [0.2, 0.25) is 0 Å². The summed E-state index contributed by atoms with van der Waals surface area (Å²) >= 11 is 5.77. The van der Waals surface area contributed by atoms with Crippen LogP contribution >= 0.6 is 38.5 Å². The fourth-order valence-corrected chi connectivity index (χ4v) is 3.26. The molecule has 0 amide bonds. The molecule has 2 aromatic rings. The molecule has 2 heterocycles. The molecule has 0 spiro atoms. The predicted octanol–water partition coefficient (Wildman–Crippen LogP) is 3.09. The van der Waals surface area contributed by atoms with E-state index in [0.717, 1.165) is 13.9 Å². The Labute approximate surface area is 132 Å². The van der Waals surface area contributed by atoms with Crippen LogP contribution in [-0.2, 0) is 6.54 Å². The van der Waals surface area contributed by atoms with Crippen LogP contribution in [0.1, 0.15) is 36.4 Å². The van der Waals surface area contributed by atoms with Crippen molar-refractivity contribution >= 4 is 38.5 Å². The zero-order chi connectivity index (χ0) is 13.4. The number of nitrogens with zero attached hydrogens (tertiary/aromatic N) is 5. The molecule has 0 N–H and O–H groups in total. The molecule has 0 bridgehead atoms. The van der Waals surface area contributed by atoms with Gasteiger partial charge in [0.25, 0.3) is 0 Å². The van der Waals surface area contributed by atoms with Crippen molar-refractivity contribution in [3.63, 3.8) is 0 Å². The summed E-state index contributed by atoms with van der Waals surface area (Å²) in [6, 6.07) is 2.67. The molecule has 0 aliphatic heterocycles. The monoisotopic (exact) mass is 431 g/mol. The third-order valence-electron chi connectivity index (χ3n) is 3.44. The predicted molar refractivity (Wildman–Crippen MR) is 81.6 cm³/mol. The van der Waals surface area contributed by atoms with E-state index in [0.29, 0.717) is 18.2 Å². The molecular weight excluding hydrogens is 421 g/mol. The number of hydrogen-bond acceptors (Lipinski definition) is 3. The Kier molecular flexibility index (Phi) is 3.62. The van der Waals surface area contributed by atoms with E-state index < -0.39 is 0 Å². The van der Waals surface area contributed by atoms with Gasteiger partial charge < -0.3 is 0 Å². The molecule has 1 fully saturated rings. The van der Waals surface area contributed by atoms with Crippen molar-refractivity contribution in [2.45, 2.75) is 31.8 Å². The summed E-state index contributed by atoms with van der Waals surface area (Å²) in [5.41, 5.74) is 1.71. The number of hydrogen-bond donors (Lipinski definition) is 0. The minimum Gasteiger partial charge on any atom is -0.255 e. The van der Waals surface area contributed by atoms with Crippen molar-refractivity contribution in [2.24, 2.45) is 0 Å². The van der Waals surface area contributed by atoms with Gasteiger partial charge in [0, 0.05) is 5.56 Å². The van der Waals surface area contributed by atoms with Crippen LogP contribution in [0.2, 0.25) is 0 Å². The van der Waals surface area contributed by atoms with Gasteiger partial charge in [-0.3, -0.25) is 9.36 Å². The summed E-state index contributed by atoms with van der Waals surface area (Å²) in [5, 5.41) is 17.6. The SMILES string of the molecule is N#Cc1cnn(Cc2cnn(C3CCC3)c2Br)c1I. The molecule has 0 unspecified atom stereocenters. The Bertz CT molecular complexity index is 650. The van der Waals surface area contributed by atoms with Gasteiger partial charge in [0.15, 0.2) is 0 Å². The maximum atomic E-state index is 8.93. The standard InChI is InChI=1S/C12H11BrIN5/c13-11-9(6-17-19(11)10-2-1-3-10)7-18-12(14)8(4-15)5-16-18/h5-6,10H,1-3,7H2. The van der Waals surface area contributed by atoms with Gasteiger partial charge in [0.05, 0.1) is 25.0 Å². The quantitative estimate of drug-likeness (QED) is 0.701. The molecule has 0 radical (unpaired) electrons. The van der Waals surface area contributed by atoms with Crippen LogP contribution in [0.15, 0.2) is 17.0 Å². The van der Waals surface area contributed by atoms with Crippen LogP contribution in [-0.4, -0.2) is 19.6 Å². The summed E-state index contributed by atoms with van der Waals surface area (Å²) in [6.07, 6.45) is 7.18. The van der Waals surface area contributed by atoms with Gasteiger partial charge in [-0.25, -0.2) is 0 Å². The zero-order valence-corrected chi connectivity index (χ0v) is 13.8. The minimum atomic E-state index is 0.537. The number of rotatable bonds is 3. The highest BCUT2D eigenvalue weighted by Gasteiger charge is 2.23. The first-order chi connectivity index (χ1) is 9.20. The summed E-state index contributed by atoms with van der Waals surface area (Å²) in [5.74, 6) is 0. The van der Waals surface area contributed by atoms with Crippen LogP contribution in [0.25, 0.3) is 0 Å². The van der Waals surface area contributed by atoms with Gasteiger partial charge in [-0.05, 0) is 57.8 Å². The molecule has 19 heavy (non-hydrogen) atoms. The highest BCUT2D eigenvalue weighted by atomic mass is 127. The van der Waals surface area contributed by atoms with Crippen LogP contribution in [0.5, 0.6) is 0 Å². The average Bonchev–Trinajstić information content (AvgIpc) is 2.86. The van der Waals surface area contributed by atoms with Crippen LogP contribution in [0.3, 0.4) is 0 Å². The van der Waals surface area contributed by atoms with Gasteiger partial charge in [-0.15, -0.1) is 0 Å². The summed E-state index contributed by atoms with van der Waals surface area (Å²) < 4.78 is 5.78. The van der Waals surface area contributed by atoms with E-state index in [1.807, 2.05) is 10.9 Å². The maximum Gasteiger partial charge on any atom is 0.117 e. The molecule has 3 rings (SSSR count). The fraction of sp³-hybridized carbons (Fsp3) is 0.417. The van der Waals surface area contributed by atoms with E-state index in [9.17, 15) is 0 Å². The Hall–Kier alpha value is -0.880. The Morgan fingerprint density at radius 3 is 2.79 bits per heavy atom. The van der Waals surface area contributed by atoms with E-state index in [2.05, 4.69) is 59.5 Å². The molecule has 98 valence electrons. The van der Waals surface area contributed by atoms with E-state index in [1.165, 1.54) is 19.3 Å². The highest BCUT2D eigenvalue weighted by Crippen LogP contribution is 2.34. The maximum absolute atomic E-state index is 8.93. The minimum absolute atomic E-state index is 0.537. The molecule has 1 aliphatic carbocycles. The molecular formula is C12H11BrIN5. The molecule has 5 nitrogen and oxygen atoms in total. The lowest BCUT2D eigenvalue weighted by atomic mass is 9.93. The summed E-state index contributed by atoms with van der Waals surface area (Å²) in [4.78, 5) is 0. The largest absolute Gasteiger partial charge is 0.255 e. The van der Waals surface area contributed by atoms with E-state index in [-0.39, 0.29) is 0 Å². The van der Waals surface area contributed by atoms with E-state index in [4.69, 9.17) is 5.26 Å². The molecule has 2 aromatic heterocycles. The van der Waals surface area contributed by atoms with Crippen LogP contribution in [0, 0.1) is 15.0 Å². The fourth-order valence-electron chi connectivity index (χ4n) is 2.09. The molecule has 0 aromatic carbocycles. The molecule has 0 saturated heterocycles. The van der Waals surface area contributed by atoms with Gasteiger partial charge in [-0.1, -0.05) is 0 Å². The first-order valence-corrected chi connectivity index (χ1v) is 7.91. The van der Waals surface area contributed by atoms with Crippen molar-refractivity contribution in [3.8, 4) is 6.07 Å². The molecule has 1 saturated carbocycles. The van der Waals surface area contributed by atoms with Gasteiger partial charge >= 0.3 is 0 Å². The summed E-state index contributed by atoms with van der Waals surface area (Å²) in [6.45, 7) is 0.632. The highest BCUT2D eigenvalue weighted by molar-refractivity contribution is 14.1. The normalized spacial score (nSPS) is 15.2. The van der Waals surface area contributed by atoms with Crippen molar-refractivity contribution in [2.75, 3.05) is 0 Å². The van der Waals surface area contributed by atoms with Crippen LogP contribution < -0.4 is 0 Å².